The third-order valence-corrected chi connectivity index (χ3v) is 4.00. The van der Waals surface area contributed by atoms with Crippen molar-refractivity contribution in [3.05, 3.63) is 29.3 Å². The van der Waals surface area contributed by atoms with E-state index in [4.69, 9.17) is 4.74 Å². The molecule has 1 aromatic rings. The van der Waals surface area contributed by atoms with Gasteiger partial charge < -0.3 is 10.1 Å². The van der Waals surface area contributed by atoms with Gasteiger partial charge in [-0.2, -0.15) is 0 Å². The standard InChI is InChI=1S/C17H27NO/c1-5-10-18-13(2)12-17(3,4)15-8-6-7-14-9-11-19-16(14)15/h6-8,13,18H,5,9-12H2,1-4H3. The SMILES string of the molecule is CCCNC(C)CC(C)(C)c1cccc2c1OCC2. The molecule has 1 unspecified atom stereocenters. The van der Waals surface area contributed by atoms with Gasteiger partial charge in [0, 0.05) is 18.0 Å². The summed E-state index contributed by atoms with van der Waals surface area (Å²) >= 11 is 0. The summed E-state index contributed by atoms with van der Waals surface area (Å²) in [5.41, 5.74) is 2.89. The molecule has 1 aliphatic heterocycles. The Balaban J connectivity index is 2.13. The maximum absolute atomic E-state index is 5.86. The van der Waals surface area contributed by atoms with Gasteiger partial charge in [-0.05, 0) is 37.3 Å². The molecule has 19 heavy (non-hydrogen) atoms. The molecule has 1 aliphatic rings. The molecular weight excluding hydrogens is 234 g/mol. The number of fused-ring (bicyclic) bond motifs is 1. The summed E-state index contributed by atoms with van der Waals surface area (Å²) < 4.78 is 5.86. The van der Waals surface area contributed by atoms with Crippen LogP contribution in [0, 0.1) is 0 Å². The lowest BCUT2D eigenvalue weighted by atomic mass is 9.78. The van der Waals surface area contributed by atoms with Crippen molar-refractivity contribution in [3.63, 3.8) is 0 Å². The largest absolute Gasteiger partial charge is 0.493 e. The minimum absolute atomic E-state index is 0.149. The molecule has 2 rings (SSSR count). The highest BCUT2D eigenvalue weighted by Crippen LogP contribution is 2.39. The highest BCUT2D eigenvalue weighted by molar-refractivity contribution is 5.47. The van der Waals surface area contributed by atoms with Gasteiger partial charge in [0.05, 0.1) is 6.61 Å². The lowest BCUT2D eigenvalue weighted by Crippen LogP contribution is -2.33. The van der Waals surface area contributed by atoms with Crippen molar-refractivity contribution in [1.82, 2.24) is 5.32 Å². The summed E-state index contributed by atoms with van der Waals surface area (Å²) in [7, 11) is 0. The van der Waals surface area contributed by atoms with Crippen molar-refractivity contribution >= 4 is 0 Å². The van der Waals surface area contributed by atoms with Gasteiger partial charge in [-0.3, -0.25) is 0 Å². The van der Waals surface area contributed by atoms with Crippen molar-refractivity contribution in [3.8, 4) is 5.75 Å². The van der Waals surface area contributed by atoms with Crippen LogP contribution in [0.2, 0.25) is 0 Å². The van der Waals surface area contributed by atoms with Gasteiger partial charge in [-0.15, -0.1) is 0 Å². The molecule has 0 radical (unpaired) electrons. The summed E-state index contributed by atoms with van der Waals surface area (Å²) in [6.07, 6.45) is 3.38. The van der Waals surface area contributed by atoms with Crippen LogP contribution in [0.3, 0.4) is 0 Å². The Morgan fingerprint density at radius 1 is 1.37 bits per heavy atom. The third-order valence-electron chi connectivity index (χ3n) is 4.00. The van der Waals surface area contributed by atoms with Gasteiger partial charge in [-0.1, -0.05) is 39.0 Å². The van der Waals surface area contributed by atoms with E-state index < -0.39 is 0 Å². The zero-order chi connectivity index (χ0) is 13.9. The van der Waals surface area contributed by atoms with Crippen LogP contribution in [-0.4, -0.2) is 19.2 Å². The van der Waals surface area contributed by atoms with Crippen LogP contribution in [0.1, 0.15) is 51.7 Å². The Morgan fingerprint density at radius 3 is 2.89 bits per heavy atom. The van der Waals surface area contributed by atoms with Crippen molar-refractivity contribution in [2.24, 2.45) is 0 Å². The molecule has 0 bridgehead atoms. The lowest BCUT2D eigenvalue weighted by molar-refractivity contribution is 0.332. The number of rotatable bonds is 6. The zero-order valence-electron chi connectivity index (χ0n) is 12.8. The number of hydrogen-bond acceptors (Lipinski definition) is 2. The Bertz CT molecular complexity index is 425. The van der Waals surface area contributed by atoms with Gasteiger partial charge in [0.2, 0.25) is 0 Å². The van der Waals surface area contributed by atoms with Crippen LogP contribution in [0.4, 0.5) is 0 Å². The first-order chi connectivity index (χ1) is 9.04. The second-order valence-corrected chi connectivity index (χ2v) is 6.34. The summed E-state index contributed by atoms with van der Waals surface area (Å²) in [5, 5.41) is 3.59. The van der Waals surface area contributed by atoms with Gasteiger partial charge >= 0.3 is 0 Å². The summed E-state index contributed by atoms with van der Waals surface area (Å²) in [4.78, 5) is 0. The van der Waals surface area contributed by atoms with E-state index in [1.807, 2.05) is 0 Å². The number of ether oxygens (including phenoxy) is 1. The van der Waals surface area contributed by atoms with Gasteiger partial charge in [0.25, 0.3) is 0 Å². The van der Waals surface area contributed by atoms with Gasteiger partial charge in [0.15, 0.2) is 0 Å². The topological polar surface area (TPSA) is 21.3 Å². The molecule has 1 aromatic carbocycles. The molecule has 1 heterocycles. The molecule has 0 spiro atoms. The predicted molar refractivity (Wildman–Crippen MR) is 81.0 cm³/mol. The molecular formula is C17H27NO. The minimum Gasteiger partial charge on any atom is -0.493 e. The fraction of sp³-hybridized carbons (Fsp3) is 0.647. The van der Waals surface area contributed by atoms with Crippen LogP contribution < -0.4 is 10.1 Å². The number of hydrogen-bond donors (Lipinski definition) is 1. The van der Waals surface area contributed by atoms with E-state index in [1.54, 1.807) is 0 Å². The minimum atomic E-state index is 0.149. The van der Waals surface area contributed by atoms with Crippen molar-refractivity contribution in [2.75, 3.05) is 13.2 Å². The first-order valence-electron chi connectivity index (χ1n) is 7.53. The second-order valence-electron chi connectivity index (χ2n) is 6.34. The molecule has 2 nitrogen and oxygen atoms in total. The van der Waals surface area contributed by atoms with E-state index >= 15 is 0 Å². The summed E-state index contributed by atoms with van der Waals surface area (Å²) in [6, 6.07) is 7.14. The van der Waals surface area contributed by atoms with E-state index in [9.17, 15) is 0 Å². The molecule has 1 atom stereocenters. The van der Waals surface area contributed by atoms with Crippen LogP contribution in [0.25, 0.3) is 0 Å². The molecule has 0 amide bonds. The average molecular weight is 261 g/mol. The quantitative estimate of drug-likeness (QED) is 0.843. The van der Waals surface area contributed by atoms with Crippen LogP contribution >= 0.6 is 0 Å². The van der Waals surface area contributed by atoms with E-state index in [-0.39, 0.29) is 5.41 Å². The van der Waals surface area contributed by atoms with E-state index in [2.05, 4.69) is 51.2 Å². The first-order valence-corrected chi connectivity index (χ1v) is 7.53. The molecule has 0 aliphatic carbocycles. The molecule has 0 saturated heterocycles. The molecule has 1 N–H and O–H groups in total. The van der Waals surface area contributed by atoms with Gasteiger partial charge in [0.1, 0.15) is 5.75 Å². The monoisotopic (exact) mass is 261 g/mol. The van der Waals surface area contributed by atoms with E-state index in [1.165, 1.54) is 17.5 Å². The molecule has 0 fully saturated rings. The maximum Gasteiger partial charge on any atom is 0.126 e. The third kappa shape index (κ3) is 3.30. The van der Waals surface area contributed by atoms with E-state index in [0.717, 1.165) is 31.7 Å². The average Bonchev–Trinajstić information content (AvgIpc) is 2.83. The zero-order valence-corrected chi connectivity index (χ0v) is 12.8. The Labute approximate surface area is 117 Å². The number of nitrogens with one attached hydrogen (secondary N) is 1. The van der Waals surface area contributed by atoms with Crippen molar-refractivity contribution in [2.45, 2.75) is 58.4 Å². The van der Waals surface area contributed by atoms with E-state index in [0.29, 0.717) is 6.04 Å². The fourth-order valence-electron chi connectivity index (χ4n) is 3.09. The van der Waals surface area contributed by atoms with Crippen LogP contribution in [0.15, 0.2) is 18.2 Å². The summed E-state index contributed by atoms with van der Waals surface area (Å²) in [6.45, 7) is 11.1. The number of para-hydroxylation sites is 1. The Kier molecular flexibility index (Phi) is 4.51. The highest BCUT2D eigenvalue weighted by atomic mass is 16.5. The van der Waals surface area contributed by atoms with Crippen LogP contribution in [-0.2, 0) is 11.8 Å². The molecule has 106 valence electrons. The normalized spacial score (nSPS) is 16.0. The first kappa shape index (κ1) is 14.4. The predicted octanol–water partition coefficient (Wildman–Crippen LogP) is 3.68. The Morgan fingerprint density at radius 2 is 2.16 bits per heavy atom. The van der Waals surface area contributed by atoms with Gasteiger partial charge in [-0.25, -0.2) is 0 Å². The Hall–Kier alpha value is -1.02. The molecule has 0 saturated carbocycles. The number of benzene rings is 1. The van der Waals surface area contributed by atoms with Crippen LogP contribution in [0.5, 0.6) is 5.75 Å². The summed E-state index contributed by atoms with van der Waals surface area (Å²) in [5.74, 6) is 1.15. The second kappa shape index (κ2) is 5.96. The van der Waals surface area contributed by atoms with Crippen molar-refractivity contribution < 1.29 is 4.74 Å². The molecule has 0 aromatic heterocycles. The highest BCUT2D eigenvalue weighted by Gasteiger charge is 2.29. The smallest absolute Gasteiger partial charge is 0.126 e. The lowest BCUT2D eigenvalue weighted by Gasteiger charge is -2.30. The fourth-order valence-corrected chi connectivity index (χ4v) is 3.09. The maximum atomic E-state index is 5.86. The van der Waals surface area contributed by atoms with Crippen molar-refractivity contribution in [1.29, 1.82) is 0 Å². The molecule has 2 heteroatoms.